The Morgan fingerprint density at radius 3 is 2.44 bits per heavy atom. The van der Waals surface area contributed by atoms with Crippen LogP contribution in [-0.2, 0) is 0 Å². The summed E-state index contributed by atoms with van der Waals surface area (Å²) in [6.07, 6.45) is 4.66. The average molecular weight is 124 g/mol. The fraction of sp³-hybridized carbons (Fsp3) is 0.286. The quantitative estimate of drug-likeness (QED) is 0.445. The van der Waals surface area contributed by atoms with Crippen LogP contribution in [-0.4, -0.2) is 25.2 Å². The topological polar surface area (TPSA) is 27.1 Å². The monoisotopic (exact) mass is 124 g/mol. The summed E-state index contributed by atoms with van der Waals surface area (Å²) >= 11 is 0. The maximum Gasteiger partial charge on any atom is 0.0288 e. The van der Waals surface area contributed by atoms with Crippen LogP contribution in [0.2, 0.25) is 0 Å². The Bertz CT molecular complexity index is 134. The van der Waals surface area contributed by atoms with Gasteiger partial charge in [0, 0.05) is 26.0 Å². The third-order valence-corrected chi connectivity index (χ3v) is 0.959. The smallest absolute Gasteiger partial charge is 0.0288 e. The van der Waals surface area contributed by atoms with Crippen molar-refractivity contribution >= 4 is 6.21 Å². The second kappa shape index (κ2) is 3.89. The van der Waals surface area contributed by atoms with Gasteiger partial charge in [-0.1, -0.05) is 6.58 Å². The van der Waals surface area contributed by atoms with Gasteiger partial charge in [0.25, 0.3) is 0 Å². The summed E-state index contributed by atoms with van der Waals surface area (Å²) in [6, 6.07) is 0. The van der Waals surface area contributed by atoms with Crippen molar-refractivity contribution in [3.8, 4) is 0 Å². The van der Waals surface area contributed by atoms with Crippen molar-refractivity contribution < 1.29 is 0 Å². The molecule has 0 aliphatic carbocycles. The molecule has 0 fully saturated rings. The van der Waals surface area contributed by atoms with Crippen LogP contribution in [0.1, 0.15) is 0 Å². The zero-order valence-corrected chi connectivity index (χ0v) is 5.89. The van der Waals surface area contributed by atoms with E-state index in [1.165, 1.54) is 6.21 Å². The van der Waals surface area contributed by atoms with Crippen molar-refractivity contribution in [1.82, 2.24) is 4.90 Å². The summed E-state index contributed by atoms with van der Waals surface area (Å²) in [6.45, 7) is 3.73. The van der Waals surface area contributed by atoms with Crippen molar-refractivity contribution in [1.29, 1.82) is 5.41 Å². The zero-order valence-electron chi connectivity index (χ0n) is 5.89. The number of likely N-dealkylation sites (N-methyl/N-ethyl adjacent to an activating group) is 1. The summed E-state index contributed by atoms with van der Waals surface area (Å²) in [5.41, 5.74) is 0.901. The molecule has 0 unspecified atom stereocenters. The molecule has 0 aromatic carbocycles. The van der Waals surface area contributed by atoms with E-state index < -0.39 is 0 Å². The minimum atomic E-state index is 0.901. The van der Waals surface area contributed by atoms with E-state index in [0.29, 0.717) is 0 Å². The number of hydrogen-bond acceptors (Lipinski definition) is 2. The van der Waals surface area contributed by atoms with Gasteiger partial charge < -0.3 is 10.3 Å². The summed E-state index contributed by atoms with van der Waals surface area (Å²) in [5, 5.41) is 6.67. The summed E-state index contributed by atoms with van der Waals surface area (Å²) < 4.78 is 0. The van der Waals surface area contributed by atoms with E-state index in [0.717, 1.165) is 5.70 Å². The molecule has 0 heterocycles. The molecule has 0 saturated heterocycles. The van der Waals surface area contributed by atoms with Gasteiger partial charge in [0.2, 0.25) is 0 Å². The molecule has 0 aromatic heterocycles. The molecule has 1 N–H and O–H groups in total. The lowest BCUT2D eigenvalue weighted by Crippen LogP contribution is -2.07. The Morgan fingerprint density at radius 1 is 1.56 bits per heavy atom. The van der Waals surface area contributed by atoms with Gasteiger partial charge in [-0.3, -0.25) is 0 Å². The Hall–Kier alpha value is -1.05. The van der Waals surface area contributed by atoms with E-state index in [-0.39, 0.29) is 0 Å². The first-order chi connectivity index (χ1) is 4.18. The molecule has 0 rings (SSSR count). The second-order valence-electron chi connectivity index (χ2n) is 1.91. The van der Waals surface area contributed by atoms with Crippen LogP contribution >= 0.6 is 0 Å². The summed E-state index contributed by atoms with van der Waals surface area (Å²) in [4.78, 5) is 1.89. The van der Waals surface area contributed by atoms with Crippen LogP contribution in [0.3, 0.4) is 0 Å². The highest BCUT2D eigenvalue weighted by Gasteiger charge is 1.85. The molecule has 0 amide bonds. The summed E-state index contributed by atoms with van der Waals surface area (Å²) in [5.74, 6) is 0. The van der Waals surface area contributed by atoms with E-state index in [9.17, 15) is 0 Å². The van der Waals surface area contributed by atoms with Gasteiger partial charge in [-0.05, 0) is 12.2 Å². The van der Waals surface area contributed by atoms with Gasteiger partial charge in [-0.2, -0.15) is 0 Å². The number of nitrogens with zero attached hydrogens (tertiary/aromatic N) is 1. The van der Waals surface area contributed by atoms with Gasteiger partial charge in [-0.15, -0.1) is 0 Å². The van der Waals surface area contributed by atoms with Crippen LogP contribution in [0, 0.1) is 5.41 Å². The van der Waals surface area contributed by atoms with Gasteiger partial charge in [-0.25, -0.2) is 0 Å². The molecular formula is C7H12N2. The maximum absolute atomic E-state index is 6.67. The Kier molecular flexibility index (Phi) is 3.44. The van der Waals surface area contributed by atoms with Crippen molar-refractivity contribution in [2.75, 3.05) is 14.1 Å². The number of allylic oxidation sites excluding steroid dienone is 2. The Morgan fingerprint density at radius 2 is 2.11 bits per heavy atom. The minimum Gasteiger partial charge on any atom is -0.378 e. The number of nitrogens with one attached hydrogen (secondary N) is 1. The average Bonchev–Trinajstić information content (AvgIpc) is 1.82. The van der Waals surface area contributed by atoms with Crippen molar-refractivity contribution in [2.45, 2.75) is 0 Å². The number of rotatable bonds is 3. The van der Waals surface area contributed by atoms with E-state index in [1.54, 1.807) is 12.2 Å². The molecule has 0 aromatic rings. The van der Waals surface area contributed by atoms with Gasteiger partial charge in [0.1, 0.15) is 0 Å². The van der Waals surface area contributed by atoms with Crippen molar-refractivity contribution in [3.63, 3.8) is 0 Å². The maximum atomic E-state index is 6.67. The first-order valence-electron chi connectivity index (χ1n) is 2.72. The van der Waals surface area contributed by atoms with Gasteiger partial charge >= 0.3 is 0 Å². The minimum absolute atomic E-state index is 0.901. The Labute approximate surface area is 56.0 Å². The molecule has 0 saturated carbocycles. The molecule has 0 spiro atoms. The molecule has 0 radical (unpaired) electrons. The molecule has 9 heavy (non-hydrogen) atoms. The lowest BCUT2D eigenvalue weighted by molar-refractivity contribution is 0.532. The molecule has 2 nitrogen and oxygen atoms in total. The highest BCUT2D eigenvalue weighted by molar-refractivity contribution is 5.68. The summed E-state index contributed by atoms with van der Waals surface area (Å²) in [7, 11) is 3.83. The van der Waals surface area contributed by atoms with E-state index in [2.05, 4.69) is 6.58 Å². The van der Waals surface area contributed by atoms with Gasteiger partial charge in [0.05, 0.1) is 0 Å². The SMILES string of the molecule is C=C(C=CC=N)N(C)C. The zero-order chi connectivity index (χ0) is 7.28. The Balaban J connectivity index is 3.76. The first-order valence-corrected chi connectivity index (χ1v) is 2.72. The highest BCUT2D eigenvalue weighted by atomic mass is 15.1. The van der Waals surface area contributed by atoms with Crippen molar-refractivity contribution in [3.05, 3.63) is 24.4 Å². The van der Waals surface area contributed by atoms with E-state index >= 15 is 0 Å². The van der Waals surface area contributed by atoms with Crippen LogP contribution in [0.5, 0.6) is 0 Å². The van der Waals surface area contributed by atoms with Crippen LogP contribution in [0.25, 0.3) is 0 Å². The van der Waals surface area contributed by atoms with Crippen LogP contribution in [0.15, 0.2) is 24.4 Å². The number of hydrogen-bond donors (Lipinski definition) is 1. The van der Waals surface area contributed by atoms with Crippen LogP contribution in [0.4, 0.5) is 0 Å². The standard InChI is InChI=1S/C7H12N2/c1-7(9(2)3)5-4-6-8/h4-6,8H,1H2,2-3H3. The molecule has 50 valence electrons. The third kappa shape index (κ3) is 3.53. The molecule has 0 aliphatic heterocycles. The largest absolute Gasteiger partial charge is 0.378 e. The third-order valence-electron chi connectivity index (χ3n) is 0.959. The predicted molar refractivity (Wildman–Crippen MR) is 40.8 cm³/mol. The van der Waals surface area contributed by atoms with Crippen molar-refractivity contribution in [2.24, 2.45) is 0 Å². The van der Waals surface area contributed by atoms with Gasteiger partial charge in [0.15, 0.2) is 0 Å². The predicted octanol–water partition coefficient (Wildman–Crippen LogP) is 1.27. The second-order valence-corrected chi connectivity index (χ2v) is 1.91. The van der Waals surface area contributed by atoms with Crippen LogP contribution < -0.4 is 0 Å². The molecule has 0 atom stereocenters. The van der Waals surface area contributed by atoms with E-state index in [1.807, 2.05) is 19.0 Å². The normalized spacial score (nSPS) is 9.56. The molecule has 0 bridgehead atoms. The molecule has 0 aliphatic rings. The fourth-order valence-electron chi connectivity index (χ4n) is 0.308. The molecule has 2 heteroatoms. The lowest BCUT2D eigenvalue weighted by atomic mass is 10.4. The molecular weight excluding hydrogens is 112 g/mol. The fourth-order valence-corrected chi connectivity index (χ4v) is 0.308. The first kappa shape index (κ1) is 7.95. The highest BCUT2D eigenvalue weighted by Crippen LogP contribution is 1.93. The lowest BCUT2D eigenvalue weighted by Gasteiger charge is -2.10. The van der Waals surface area contributed by atoms with E-state index in [4.69, 9.17) is 5.41 Å².